The lowest BCUT2D eigenvalue weighted by Crippen LogP contribution is -2.20. The molecule has 0 unspecified atom stereocenters. The van der Waals surface area contributed by atoms with Gasteiger partial charge in [-0.05, 0) is 12.8 Å². The van der Waals surface area contributed by atoms with Crippen molar-refractivity contribution in [1.82, 2.24) is 9.97 Å². The van der Waals surface area contributed by atoms with Gasteiger partial charge in [-0.15, -0.1) is 0 Å². The summed E-state index contributed by atoms with van der Waals surface area (Å²) in [6.07, 6.45) is 0. The number of nitrogens with zero attached hydrogens (tertiary/aromatic N) is 2. The zero-order valence-electron chi connectivity index (χ0n) is 11.8. The molecule has 0 saturated carbocycles. The Morgan fingerprint density at radius 2 is 1.82 bits per heavy atom. The lowest BCUT2D eigenvalue weighted by Gasteiger charge is -2.20. The Kier molecular flexibility index (Phi) is 3.96. The minimum Gasteiger partial charge on any atom is -0.383 e. The van der Waals surface area contributed by atoms with Crippen molar-refractivity contribution in [2.24, 2.45) is 5.92 Å². The van der Waals surface area contributed by atoms with E-state index in [9.17, 15) is 0 Å². The van der Waals surface area contributed by atoms with Gasteiger partial charge in [0.25, 0.3) is 0 Å². The summed E-state index contributed by atoms with van der Waals surface area (Å²) in [4.78, 5) is 8.93. The zero-order valence-corrected chi connectivity index (χ0v) is 11.8. The molecule has 0 amide bonds. The summed E-state index contributed by atoms with van der Waals surface area (Å²) >= 11 is 0. The molecule has 17 heavy (non-hydrogen) atoms. The van der Waals surface area contributed by atoms with Crippen LogP contribution in [0.4, 0.5) is 11.6 Å². The van der Waals surface area contributed by atoms with E-state index in [1.807, 2.05) is 6.92 Å². The van der Waals surface area contributed by atoms with Crippen LogP contribution in [-0.2, 0) is 5.41 Å². The second kappa shape index (κ2) is 4.90. The van der Waals surface area contributed by atoms with Crippen LogP contribution in [-0.4, -0.2) is 16.5 Å². The van der Waals surface area contributed by atoms with Crippen LogP contribution in [0, 0.1) is 12.8 Å². The molecule has 3 N–H and O–H groups in total. The normalized spacial score (nSPS) is 11.9. The van der Waals surface area contributed by atoms with Gasteiger partial charge in [0, 0.05) is 17.5 Å². The Hall–Kier alpha value is -1.32. The molecule has 0 atom stereocenters. The van der Waals surface area contributed by atoms with Gasteiger partial charge in [-0.3, -0.25) is 0 Å². The van der Waals surface area contributed by atoms with Gasteiger partial charge in [0.05, 0.1) is 0 Å². The van der Waals surface area contributed by atoms with Crippen LogP contribution in [0.2, 0.25) is 0 Å². The van der Waals surface area contributed by atoms with Crippen molar-refractivity contribution in [3.8, 4) is 0 Å². The van der Waals surface area contributed by atoms with Gasteiger partial charge < -0.3 is 11.1 Å². The molecule has 0 aliphatic carbocycles. The minimum absolute atomic E-state index is 0.0872. The fourth-order valence-electron chi connectivity index (χ4n) is 1.34. The molecule has 4 nitrogen and oxygen atoms in total. The minimum atomic E-state index is -0.0872. The number of rotatable bonds is 3. The Balaban J connectivity index is 3.07. The van der Waals surface area contributed by atoms with Crippen LogP contribution >= 0.6 is 0 Å². The molecule has 0 aromatic carbocycles. The van der Waals surface area contributed by atoms with Crippen LogP contribution in [0.15, 0.2) is 0 Å². The molecular weight excluding hydrogens is 212 g/mol. The van der Waals surface area contributed by atoms with E-state index < -0.39 is 0 Å². The fraction of sp³-hybridized carbons (Fsp3) is 0.692. The summed E-state index contributed by atoms with van der Waals surface area (Å²) in [7, 11) is 0. The molecule has 0 saturated heterocycles. The van der Waals surface area contributed by atoms with Gasteiger partial charge in [0.2, 0.25) is 0 Å². The van der Waals surface area contributed by atoms with Crippen molar-refractivity contribution < 1.29 is 0 Å². The molecule has 0 radical (unpaired) electrons. The predicted octanol–water partition coefficient (Wildman–Crippen LogP) is 2.73. The van der Waals surface area contributed by atoms with Gasteiger partial charge in [-0.25, -0.2) is 9.97 Å². The van der Waals surface area contributed by atoms with Crippen molar-refractivity contribution in [3.05, 3.63) is 11.4 Å². The molecule has 0 aliphatic rings. The summed E-state index contributed by atoms with van der Waals surface area (Å²) in [5, 5.41) is 3.33. The Morgan fingerprint density at radius 1 is 1.24 bits per heavy atom. The number of nitrogens with two attached hydrogens (primary N) is 1. The first kappa shape index (κ1) is 13.7. The van der Waals surface area contributed by atoms with Crippen molar-refractivity contribution in [2.45, 2.75) is 47.0 Å². The number of aromatic nitrogens is 2. The van der Waals surface area contributed by atoms with E-state index in [0.717, 1.165) is 23.8 Å². The highest BCUT2D eigenvalue weighted by molar-refractivity contribution is 5.55. The number of hydrogen-bond acceptors (Lipinski definition) is 4. The number of nitrogens with one attached hydrogen (secondary N) is 1. The average Bonchev–Trinajstić information content (AvgIpc) is 2.18. The predicted molar refractivity (Wildman–Crippen MR) is 73.2 cm³/mol. The molecule has 0 bridgehead atoms. The molecule has 1 heterocycles. The summed E-state index contributed by atoms with van der Waals surface area (Å²) in [6.45, 7) is 13.4. The van der Waals surface area contributed by atoms with Crippen molar-refractivity contribution in [2.75, 3.05) is 17.6 Å². The molecule has 0 aliphatic heterocycles. The molecule has 0 spiro atoms. The third-order valence-corrected chi connectivity index (χ3v) is 2.53. The largest absolute Gasteiger partial charge is 0.383 e. The summed E-state index contributed by atoms with van der Waals surface area (Å²) < 4.78 is 0. The summed E-state index contributed by atoms with van der Waals surface area (Å²) in [6, 6.07) is 0. The Labute approximate surface area is 104 Å². The third-order valence-electron chi connectivity index (χ3n) is 2.53. The first-order valence-corrected chi connectivity index (χ1v) is 6.10. The Bertz CT molecular complexity index is 391. The van der Waals surface area contributed by atoms with Gasteiger partial charge in [-0.1, -0.05) is 34.6 Å². The maximum absolute atomic E-state index is 5.93. The van der Waals surface area contributed by atoms with E-state index in [-0.39, 0.29) is 5.41 Å². The van der Waals surface area contributed by atoms with Crippen LogP contribution < -0.4 is 11.1 Å². The highest BCUT2D eigenvalue weighted by Gasteiger charge is 2.20. The van der Waals surface area contributed by atoms with E-state index in [4.69, 9.17) is 5.73 Å². The van der Waals surface area contributed by atoms with E-state index in [1.165, 1.54) is 0 Å². The maximum Gasteiger partial charge on any atom is 0.138 e. The summed E-state index contributed by atoms with van der Waals surface area (Å²) in [5.41, 5.74) is 6.78. The average molecular weight is 236 g/mol. The van der Waals surface area contributed by atoms with Gasteiger partial charge in [0.15, 0.2) is 0 Å². The number of hydrogen-bond donors (Lipinski definition) is 2. The monoisotopic (exact) mass is 236 g/mol. The van der Waals surface area contributed by atoms with Crippen molar-refractivity contribution >= 4 is 11.6 Å². The topological polar surface area (TPSA) is 63.8 Å². The lowest BCUT2D eigenvalue weighted by molar-refractivity contribution is 0.546. The molecule has 1 aromatic heterocycles. The second-order valence-electron chi connectivity index (χ2n) is 5.93. The Morgan fingerprint density at radius 3 is 2.29 bits per heavy atom. The summed E-state index contributed by atoms with van der Waals surface area (Å²) in [5.74, 6) is 2.78. The SMILES string of the molecule is Cc1c(N)nc(C(C)(C)C)nc1NCC(C)C. The van der Waals surface area contributed by atoms with Crippen LogP contribution in [0.5, 0.6) is 0 Å². The van der Waals surface area contributed by atoms with Crippen LogP contribution in [0.1, 0.15) is 46.0 Å². The molecule has 1 rings (SSSR count). The fourth-order valence-corrected chi connectivity index (χ4v) is 1.34. The molecule has 96 valence electrons. The van der Waals surface area contributed by atoms with Gasteiger partial charge >= 0.3 is 0 Å². The third kappa shape index (κ3) is 3.58. The number of anilines is 2. The lowest BCUT2D eigenvalue weighted by atomic mass is 9.95. The zero-order chi connectivity index (χ0) is 13.2. The van der Waals surface area contributed by atoms with E-state index in [0.29, 0.717) is 11.7 Å². The van der Waals surface area contributed by atoms with Crippen LogP contribution in [0.25, 0.3) is 0 Å². The molecule has 4 heteroatoms. The highest BCUT2D eigenvalue weighted by Crippen LogP contribution is 2.24. The van der Waals surface area contributed by atoms with E-state index in [2.05, 4.69) is 49.9 Å². The molecule has 1 aromatic rings. The van der Waals surface area contributed by atoms with Crippen molar-refractivity contribution in [3.63, 3.8) is 0 Å². The maximum atomic E-state index is 5.93. The smallest absolute Gasteiger partial charge is 0.138 e. The van der Waals surface area contributed by atoms with Gasteiger partial charge in [-0.2, -0.15) is 0 Å². The number of nitrogen functional groups attached to an aromatic ring is 1. The van der Waals surface area contributed by atoms with Crippen LogP contribution in [0.3, 0.4) is 0 Å². The first-order valence-electron chi connectivity index (χ1n) is 6.10. The van der Waals surface area contributed by atoms with Crippen molar-refractivity contribution in [1.29, 1.82) is 0 Å². The highest BCUT2D eigenvalue weighted by atomic mass is 15.1. The van der Waals surface area contributed by atoms with E-state index in [1.54, 1.807) is 0 Å². The van der Waals surface area contributed by atoms with Gasteiger partial charge in [0.1, 0.15) is 17.5 Å². The first-order chi connectivity index (χ1) is 7.71. The second-order valence-corrected chi connectivity index (χ2v) is 5.93. The standard InChI is InChI=1S/C13H24N4/c1-8(2)7-15-11-9(3)10(14)16-12(17-11)13(4,5)6/h8H,7H2,1-6H3,(H3,14,15,16,17). The quantitative estimate of drug-likeness (QED) is 0.847. The van der Waals surface area contributed by atoms with E-state index >= 15 is 0 Å². The molecule has 0 fully saturated rings. The molecular formula is C13H24N4.